The van der Waals surface area contributed by atoms with E-state index >= 15 is 0 Å². The predicted octanol–water partition coefficient (Wildman–Crippen LogP) is 2.46. The lowest BCUT2D eigenvalue weighted by molar-refractivity contribution is 0.692. The Labute approximate surface area is 97.0 Å². The Morgan fingerprint density at radius 3 is 2.87 bits per heavy atom. The van der Waals surface area contributed by atoms with Crippen molar-refractivity contribution in [3.8, 4) is 0 Å². The minimum absolute atomic E-state index is 0.831. The molecule has 15 heavy (non-hydrogen) atoms. The summed E-state index contributed by atoms with van der Waals surface area (Å²) in [6.07, 6.45) is 3.72. The van der Waals surface area contributed by atoms with E-state index in [2.05, 4.69) is 43.6 Å². The molecule has 0 amide bonds. The fourth-order valence-corrected chi connectivity index (χ4v) is 1.78. The molecule has 0 fully saturated rings. The highest BCUT2D eigenvalue weighted by Crippen LogP contribution is 2.15. The third kappa shape index (κ3) is 2.91. The van der Waals surface area contributed by atoms with Crippen molar-refractivity contribution in [3.05, 3.63) is 52.3 Å². The molecule has 0 spiro atoms. The molecular weight excluding hydrogens is 254 g/mol. The molecule has 0 aliphatic heterocycles. The van der Waals surface area contributed by atoms with Gasteiger partial charge in [0.25, 0.3) is 0 Å². The Hall–Kier alpha value is -1.13. The number of aromatic amines is 1. The lowest BCUT2D eigenvalue weighted by atomic mass is 10.2. The Morgan fingerprint density at radius 2 is 2.13 bits per heavy atom. The van der Waals surface area contributed by atoms with Crippen LogP contribution in [0.15, 0.2) is 41.1 Å². The predicted molar refractivity (Wildman–Crippen MR) is 63.3 cm³/mol. The summed E-state index contributed by atoms with van der Waals surface area (Å²) in [5.74, 6) is 0. The topological polar surface area (TPSA) is 40.7 Å². The second-order valence-electron chi connectivity index (χ2n) is 3.30. The molecule has 0 aliphatic rings. The summed E-state index contributed by atoms with van der Waals surface area (Å²) in [5.41, 5.74) is 2.43. The van der Waals surface area contributed by atoms with Crippen LogP contribution in [0, 0.1) is 0 Å². The van der Waals surface area contributed by atoms with Crippen molar-refractivity contribution < 1.29 is 0 Å². The van der Waals surface area contributed by atoms with E-state index in [1.807, 2.05) is 24.5 Å². The van der Waals surface area contributed by atoms with E-state index in [1.54, 1.807) is 0 Å². The van der Waals surface area contributed by atoms with E-state index < -0.39 is 0 Å². The Bertz CT molecular complexity index is 412. The number of hydrogen-bond donors (Lipinski definition) is 2. The van der Waals surface area contributed by atoms with Gasteiger partial charge in [-0.25, -0.2) is 0 Å². The first kappa shape index (κ1) is 10.4. The average molecular weight is 266 g/mol. The van der Waals surface area contributed by atoms with Crippen LogP contribution < -0.4 is 5.32 Å². The van der Waals surface area contributed by atoms with E-state index in [-0.39, 0.29) is 0 Å². The average Bonchev–Trinajstić information content (AvgIpc) is 2.74. The second kappa shape index (κ2) is 5.09. The summed E-state index contributed by atoms with van der Waals surface area (Å²) < 4.78 is 1.14. The molecule has 2 N–H and O–H groups in total. The quantitative estimate of drug-likeness (QED) is 0.892. The van der Waals surface area contributed by atoms with Crippen molar-refractivity contribution in [1.29, 1.82) is 0 Å². The van der Waals surface area contributed by atoms with Crippen LogP contribution >= 0.6 is 15.9 Å². The van der Waals surface area contributed by atoms with Crippen LogP contribution in [0.3, 0.4) is 0 Å². The maximum absolute atomic E-state index is 3.89. The minimum Gasteiger partial charge on any atom is -0.308 e. The van der Waals surface area contributed by atoms with Gasteiger partial charge in [-0.15, -0.1) is 0 Å². The zero-order valence-electron chi connectivity index (χ0n) is 8.20. The molecule has 0 saturated carbocycles. The maximum atomic E-state index is 3.89. The fourth-order valence-electron chi connectivity index (χ4n) is 1.36. The zero-order valence-corrected chi connectivity index (χ0v) is 9.79. The van der Waals surface area contributed by atoms with Crippen LogP contribution in [0.4, 0.5) is 0 Å². The van der Waals surface area contributed by atoms with E-state index in [9.17, 15) is 0 Å². The van der Waals surface area contributed by atoms with E-state index in [4.69, 9.17) is 0 Å². The molecule has 2 aromatic rings. The molecule has 1 aromatic heterocycles. The Balaban J connectivity index is 1.86. The van der Waals surface area contributed by atoms with Crippen molar-refractivity contribution in [2.45, 2.75) is 13.1 Å². The van der Waals surface area contributed by atoms with E-state index in [1.165, 1.54) is 11.1 Å². The van der Waals surface area contributed by atoms with E-state index in [0.29, 0.717) is 0 Å². The molecule has 0 unspecified atom stereocenters. The van der Waals surface area contributed by atoms with Gasteiger partial charge in [0.1, 0.15) is 0 Å². The fraction of sp³-hybridized carbons (Fsp3) is 0.182. The van der Waals surface area contributed by atoms with Gasteiger partial charge < -0.3 is 5.32 Å². The number of halogens is 1. The molecule has 0 saturated heterocycles. The standard InChI is InChI=1S/C11H12BrN3/c12-11-4-2-1-3-10(11)8-13-5-9-6-14-15-7-9/h1-4,6-7,13H,5,8H2,(H,14,15). The van der Waals surface area contributed by atoms with Gasteiger partial charge in [-0.05, 0) is 11.6 Å². The number of H-pyrrole nitrogens is 1. The number of benzene rings is 1. The smallest absolute Gasteiger partial charge is 0.0532 e. The van der Waals surface area contributed by atoms with Crippen molar-refractivity contribution in [1.82, 2.24) is 15.5 Å². The van der Waals surface area contributed by atoms with Gasteiger partial charge in [-0.2, -0.15) is 5.10 Å². The van der Waals surface area contributed by atoms with Gasteiger partial charge in [-0.1, -0.05) is 34.1 Å². The summed E-state index contributed by atoms with van der Waals surface area (Å²) >= 11 is 3.52. The van der Waals surface area contributed by atoms with Gasteiger partial charge in [0.2, 0.25) is 0 Å². The van der Waals surface area contributed by atoms with Gasteiger partial charge in [0.05, 0.1) is 6.20 Å². The van der Waals surface area contributed by atoms with Gasteiger partial charge in [-0.3, -0.25) is 5.10 Å². The lowest BCUT2D eigenvalue weighted by Gasteiger charge is -2.05. The molecule has 1 heterocycles. The summed E-state index contributed by atoms with van der Waals surface area (Å²) in [4.78, 5) is 0. The summed E-state index contributed by atoms with van der Waals surface area (Å²) in [7, 11) is 0. The molecule has 0 radical (unpaired) electrons. The first-order valence-electron chi connectivity index (χ1n) is 4.78. The van der Waals surface area contributed by atoms with Crippen LogP contribution in [0.25, 0.3) is 0 Å². The Morgan fingerprint density at radius 1 is 1.27 bits per heavy atom. The largest absolute Gasteiger partial charge is 0.308 e. The maximum Gasteiger partial charge on any atom is 0.0532 e. The number of nitrogens with one attached hydrogen (secondary N) is 2. The second-order valence-corrected chi connectivity index (χ2v) is 4.16. The molecule has 0 atom stereocenters. The molecular formula is C11H12BrN3. The first-order chi connectivity index (χ1) is 7.36. The Kier molecular flexibility index (Phi) is 3.53. The highest BCUT2D eigenvalue weighted by Gasteiger charge is 1.98. The highest BCUT2D eigenvalue weighted by atomic mass is 79.9. The summed E-state index contributed by atoms with van der Waals surface area (Å²) in [6, 6.07) is 8.21. The van der Waals surface area contributed by atoms with Crippen LogP contribution in [0.2, 0.25) is 0 Å². The van der Waals surface area contributed by atoms with Crippen LogP contribution in [-0.2, 0) is 13.1 Å². The third-order valence-corrected chi connectivity index (χ3v) is 2.93. The SMILES string of the molecule is Brc1ccccc1CNCc1cn[nH]c1. The van der Waals surface area contributed by atoms with E-state index in [0.717, 1.165) is 17.6 Å². The van der Waals surface area contributed by atoms with Gasteiger partial charge >= 0.3 is 0 Å². The first-order valence-corrected chi connectivity index (χ1v) is 5.57. The highest BCUT2D eigenvalue weighted by molar-refractivity contribution is 9.10. The van der Waals surface area contributed by atoms with Crippen LogP contribution in [-0.4, -0.2) is 10.2 Å². The summed E-state index contributed by atoms with van der Waals surface area (Å²) in [5, 5.41) is 10.0. The molecule has 0 bridgehead atoms. The number of nitrogens with zero attached hydrogens (tertiary/aromatic N) is 1. The number of aromatic nitrogens is 2. The molecule has 4 heteroatoms. The van der Waals surface area contributed by atoms with Crippen molar-refractivity contribution >= 4 is 15.9 Å². The van der Waals surface area contributed by atoms with Crippen molar-refractivity contribution in [2.24, 2.45) is 0 Å². The molecule has 78 valence electrons. The third-order valence-electron chi connectivity index (χ3n) is 2.16. The molecule has 2 rings (SSSR count). The lowest BCUT2D eigenvalue weighted by Crippen LogP contribution is -2.12. The molecule has 0 aliphatic carbocycles. The minimum atomic E-state index is 0.831. The number of hydrogen-bond acceptors (Lipinski definition) is 2. The molecule has 1 aromatic carbocycles. The normalized spacial score (nSPS) is 10.5. The van der Waals surface area contributed by atoms with Gasteiger partial charge in [0.15, 0.2) is 0 Å². The van der Waals surface area contributed by atoms with Crippen LogP contribution in [0.5, 0.6) is 0 Å². The zero-order chi connectivity index (χ0) is 10.5. The van der Waals surface area contributed by atoms with Gasteiger partial charge in [0, 0.05) is 29.3 Å². The monoisotopic (exact) mass is 265 g/mol. The van der Waals surface area contributed by atoms with Crippen molar-refractivity contribution in [3.63, 3.8) is 0 Å². The van der Waals surface area contributed by atoms with Crippen LogP contribution in [0.1, 0.15) is 11.1 Å². The van der Waals surface area contributed by atoms with Crippen molar-refractivity contribution in [2.75, 3.05) is 0 Å². The molecule has 3 nitrogen and oxygen atoms in total. The summed E-state index contributed by atoms with van der Waals surface area (Å²) in [6.45, 7) is 1.68. The number of rotatable bonds is 4.